The Balaban J connectivity index is 2.72. The molecule has 0 heterocycles. The summed E-state index contributed by atoms with van der Waals surface area (Å²) in [5.41, 5.74) is 1.14. The molecule has 0 amide bonds. The number of halogens is 3. The summed E-state index contributed by atoms with van der Waals surface area (Å²) in [4.78, 5) is 0. The van der Waals surface area contributed by atoms with E-state index in [0.717, 1.165) is 26.8 Å². The first-order valence-electron chi connectivity index (χ1n) is 4.60. The maximum absolute atomic E-state index is 5.66. The third-order valence-corrected chi connectivity index (χ3v) is 3.22. The minimum Gasteiger partial charge on any atom is -0.494 e. The van der Waals surface area contributed by atoms with Gasteiger partial charge in [-0.15, -0.1) is 0 Å². The molecular formula is C11H12Br2ClNO. The van der Waals surface area contributed by atoms with Gasteiger partial charge in [0.05, 0.1) is 16.1 Å². The molecule has 0 bridgehead atoms. The molecule has 0 atom stereocenters. The summed E-state index contributed by atoms with van der Waals surface area (Å²) in [7, 11) is 1.64. The number of ether oxygens (including phenoxy) is 1. The molecule has 0 spiro atoms. The van der Waals surface area contributed by atoms with E-state index in [1.807, 2.05) is 12.1 Å². The highest BCUT2D eigenvalue weighted by atomic mass is 79.9. The van der Waals surface area contributed by atoms with Gasteiger partial charge in [-0.05, 0) is 49.6 Å². The van der Waals surface area contributed by atoms with Crippen molar-refractivity contribution in [3.05, 3.63) is 38.3 Å². The number of rotatable bonds is 5. The molecule has 5 heteroatoms. The van der Waals surface area contributed by atoms with Crippen molar-refractivity contribution in [2.75, 3.05) is 13.7 Å². The summed E-state index contributed by atoms with van der Waals surface area (Å²) in [6, 6.07) is 4.02. The van der Waals surface area contributed by atoms with Crippen molar-refractivity contribution in [1.82, 2.24) is 5.32 Å². The summed E-state index contributed by atoms with van der Waals surface area (Å²) in [6.07, 6.45) is 0. The van der Waals surface area contributed by atoms with E-state index >= 15 is 0 Å². The van der Waals surface area contributed by atoms with E-state index in [1.165, 1.54) is 0 Å². The van der Waals surface area contributed by atoms with Crippen LogP contribution in [0.4, 0.5) is 0 Å². The lowest BCUT2D eigenvalue weighted by Crippen LogP contribution is -2.14. The Morgan fingerprint density at radius 3 is 2.44 bits per heavy atom. The number of hydrogen-bond donors (Lipinski definition) is 1. The van der Waals surface area contributed by atoms with E-state index in [4.69, 9.17) is 16.3 Å². The van der Waals surface area contributed by atoms with Crippen molar-refractivity contribution in [2.24, 2.45) is 0 Å². The van der Waals surface area contributed by atoms with Crippen LogP contribution in [-0.2, 0) is 6.54 Å². The topological polar surface area (TPSA) is 21.3 Å². The van der Waals surface area contributed by atoms with Gasteiger partial charge in [-0.3, -0.25) is 0 Å². The van der Waals surface area contributed by atoms with Gasteiger partial charge in [0.15, 0.2) is 0 Å². The second-order valence-electron chi connectivity index (χ2n) is 3.21. The molecule has 0 aliphatic carbocycles. The third-order valence-electron chi connectivity index (χ3n) is 1.91. The van der Waals surface area contributed by atoms with Gasteiger partial charge < -0.3 is 10.1 Å². The molecule has 1 N–H and O–H groups in total. The smallest absolute Gasteiger partial charge is 0.147 e. The highest BCUT2D eigenvalue weighted by Crippen LogP contribution is 2.34. The number of nitrogens with one attached hydrogen (secondary N) is 1. The van der Waals surface area contributed by atoms with Crippen LogP contribution >= 0.6 is 43.5 Å². The first-order valence-corrected chi connectivity index (χ1v) is 6.57. The quantitative estimate of drug-likeness (QED) is 0.845. The Bertz CT molecular complexity index is 373. The third kappa shape index (κ3) is 4.09. The Morgan fingerprint density at radius 2 is 2.00 bits per heavy atom. The number of methoxy groups -OCH3 is 1. The highest BCUT2D eigenvalue weighted by molar-refractivity contribution is 9.11. The van der Waals surface area contributed by atoms with Gasteiger partial charge in [0.25, 0.3) is 0 Å². The van der Waals surface area contributed by atoms with Crippen molar-refractivity contribution in [3.63, 3.8) is 0 Å². The maximum atomic E-state index is 5.66. The fourth-order valence-corrected chi connectivity index (χ4v) is 2.95. The fraction of sp³-hybridized carbons (Fsp3) is 0.273. The lowest BCUT2D eigenvalue weighted by atomic mass is 10.2. The second-order valence-corrected chi connectivity index (χ2v) is 5.46. The zero-order chi connectivity index (χ0) is 12.1. The molecule has 1 rings (SSSR count). The van der Waals surface area contributed by atoms with Crippen molar-refractivity contribution in [2.45, 2.75) is 6.54 Å². The molecule has 0 aromatic heterocycles. The molecule has 0 aliphatic heterocycles. The lowest BCUT2D eigenvalue weighted by molar-refractivity contribution is 0.409. The maximum Gasteiger partial charge on any atom is 0.147 e. The summed E-state index contributed by atoms with van der Waals surface area (Å²) < 4.78 is 7.07. The molecule has 88 valence electrons. The van der Waals surface area contributed by atoms with Crippen LogP contribution in [0.15, 0.2) is 32.7 Å². The molecule has 0 saturated heterocycles. The van der Waals surface area contributed by atoms with Crippen LogP contribution in [-0.4, -0.2) is 13.7 Å². The number of hydrogen-bond acceptors (Lipinski definition) is 2. The van der Waals surface area contributed by atoms with Crippen molar-refractivity contribution in [3.8, 4) is 5.75 Å². The summed E-state index contributed by atoms with van der Waals surface area (Å²) >= 11 is 12.6. The SMILES string of the molecule is C=C(Cl)CNCc1cc(Br)c(OC)c(Br)c1. The summed E-state index contributed by atoms with van der Waals surface area (Å²) in [5, 5.41) is 3.78. The van der Waals surface area contributed by atoms with E-state index < -0.39 is 0 Å². The van der Waals surface area contributed by atoms with E-state index in [2.05, 4.69) is 43.8 Å². The van der Waals surface area contributed by atoms with E-state index in [1.54, 1.807) is 7.11 Å². The first kappa shape index (κ1) is 14.0. The average Bonchev–Trinajstić information content (AvgIpc) is 2.16. The van der Waals surface area contributed by atoms with E-state index in [9.17, 15) is 0 Å². The van der Waals surface area contributed by atoms with Gasteiger partial charge in [-0.25, -0.2) is 0 Å². The molecule has 16 heavy (non-hydrogen) atoms. The van der Waals surface area contributed by atoms with E-state index in [-0.39, 0.29) is 0 Å². The molecule has 1 aromatic rings. The second kappa shape index (κ2) is 6.64. The zero-order valence-electron chi connectivity index (χ0n) is 8.82. The van der Waals surface area contributed by atoms with Crippen molar-refractivity contribution in [1.29, 1.82) is 0 Å². The standard InChI is InChI=1S/C11H12Br2ClNO/c1-7(14)5-15-6-8-3-9(12)11(16-2)10(13)4-8/h3-4,15H,1,5-6H2,2H3. The molecule has 2 nitrogen and oxygen atoms in total. The van der Waals surface area contributed by atoms with Crippen LogP contribution in [0.25, 0.3) is 0 Å². The first-order chi connectivity index (χ1) is 7.54. The minimum atomic E-state index is 0.600. The van der Waals surface area contributed by atoms with Crippen LogP contribution in [0.2, 0.25) is 0 Å². The molecule has 1 aromatic carbocycles. The Labute approximate surface area is 117 Å². The van der Waals surface area contributed by atoms with Crippen molar-refractivity contribution < 1.29 is 4.74 Å². The molecule has 0 aliphatic rings. The highest BCUT2D eigenvalue weighted by Gasteiger charge is 2.07. The van der Waals surface area contributed by atoms with Crippen LogP contribution < -0.4 is 10.1 Å². The summed E-state index contributed by atoms with van der Waals surface area (Å²) in [5.74, 6) is 0.797. The van der Waals surface area contributed by atoms with Crippen LogP contribution in [0.5, 0.6) is 5.75 Å². The summed E-state index contributed by atoms with van der Waals surface area (Å²) in [6.45, 7) is 4.94. The Morgan fingerprint density at radius 1 is 1.44 bits per heavy atom. The normalized spacial score (nSPS) is 10.2. The lowest BCUT2D eigenvalue weighted by Gasteiger charge is -2.09. The van der Waals surface area contributed by atoms with Gasteiger partial charge in [0.1, 0.15) is 5.75 Å². The largest absolute Gasteiger partial charge is 0.494 e. The van der Waals surface area contributed by atoms with Gasteiger partial charge in [-0.2, -0.15) is 0 Å². The molecule has 0 radical (unpaired) electrons. The van der Waals surface area contributed by atoms with Gasteiger partial charge in [-0.1, -0.05) is 18.2 Å². The van der Waals surface area contributed by atoms with Gasteiger partial charge >= 0.3 is 0 Å². The minimum absolute atomic E-state index is 0.600. The molecular weight excluding hydrogens is 357 g/mol. The van der Waals surface area contributed by atoms with Gasteiger partial charge in [0, 0.05) is 18.1 Å². The van der Waals surface area contributed by atoms with E-state index in [0.29, 0.717) is 11.6 Å². The monoisotopic (exact) mass is 367 g/mol. The van der Waals surface area contributed by atoms with Crippen LogP contribution in [0.3, 0.4) is 0 Å². The Hall–Kier alpha value is -0.0300. The predicted molar refractivity (Wildman–Crippen MR) is 75.1 cm³/mol. The fourth-order valence-electron chi connectivity index (χ4n) is 1.25. The molecule has 0 saturated carbocycles. The predicted octanol–water partition coefficient (Wildman–Crippen LogP) is 4.06. The average molecular weight is 369 g/mol. The van der Waals surface area contributed by atoms with Gasteiger partial charge in [0.2, 0.25) is 0 Å². The Kier molecular flexibility index (Phi) is 5.83. The molecule has 0 fully saturated rings. The molecule has 0 unspecified atom stereocenters. The zero-order valence-corrected chi connectivity index (χ0v) is 12.7. The van der Waals surface area contributed by atoms with Crippen LogP contribution in [0, 0.1) is 0 Å². The number of benzene rings is 1. The van der Waals surface area contributed by atoms with Crippen LogP contribution in [0.1, 0.15) is 5.56 Å². The van der Waals surface area contributed by atoms with Crippen molar-refractivity contribution >= 4 is 43.5 Å².